The molecule has 1 aliphatic rings. The molecule has 1 heterocycles. The molecule has 0 amide bonds. The molecule has 2 rings (SSSR count). The molecule has 1 aromatic rings. The van der Waals surface area contributed by atoms with Crippen molar-refractivity contribution in [1.82, 2.24) is 4.31 Å². The normalized spacial score (nSPS) is 20.9. The van der Waals surface area contributed by atoms with Crippen molar-refractivity contribution in [1.29, 1.82) is 0 Å². The fourth-order valence-corrected chi connectivity index (χ4v) is 4.37. The Morgan fingerprint density at radius 3 is 2.58 bits per heavy atom. The lowest BCUT2D eigenvalue weighted by atomic mass is 10.1. The number of hydrogen-bond donors (Lipinski definition) is 2. The molecule has 6 heteroatoms. The number of hydrogen-bond acceptors (Lipinski definition) is 4. The summed E-state index contributed by atoms with van der Waals surface area (Å²) in [7, 11) is -3.57. The van der Waals surface area contributed by atoms with Crippen LogP contribution in [0.1, 0.15) is 17.5 Å². The molecule has 5 nitrogen and oxygen atoms in total. The Morgan fingerprint density at radius 1 is 1.37 bits per heavy atom. The van der Waals surface area contributed by atoms with Crippen LogP contribution in [0.25, 0.3) is 0 Å². The molecule has 0 radical (unpaired) electrons. The first kappa shape index (κ1) is 14.3. The second-order valence-electron chi connectivity index (χ2n) is 5.14. The topological polar surface area (TPSA) is 83.6 Å². The zero-order valence-corrected chi connectivity index (χ0v) is 12.1. The summed E-state index contributed by atoms with van der Waals surface area (Å²) in [5, 5.41) is 9.13. The summed E-state index contributed by atoms with van der Waals surface area (Å²) in [5.41, 5.74) is 7.70. The summed E-state index contributed by atoms with van der Waals surface area (Å²) in [4.78, 5) is 0.214. The van der Waals surface area contributed by atoms with Gasteiger partial charge in [0.2, 0.25) is 10.0 Å². The second-order valence-corrected chi connectivity index (χ2v) is 7.02. The quantitative estimate of drug-likeness (QED) is 0.807. The molecule has 0 bridgehead atoms. The van der Waals surface area contributed by atoms with Crippen LogP contribution in [0.5, 0.6) is 0 Å². The minimum absolute atomic E-state index is 0.0221. The molecule has 0 spiro atoms. The Balaban J connectivity index is 2.44. The van der Waals surface area contributed by atoms with Gasteiger partial charge in [-0.2, -0.15) is 4.31 Å². The van der Waals surface area contributed by atoms with Crippen LogP contribution in [-0.2, 0) is 10.0 Å². The summed E-state index contributed by atoms with van der Waals surface area (Å²) in [5.74, 6) is 0.0288. The molecule has 106 valence electrons. The Bertz CT molecular complexity index is 584. The fraction of sp³-hybridized carbons (Fsp3) is 0.538. The molecular weight excluding hydrogens is 264 g/mol. The van der Waals surface area contributed by atoms with E-state index < -0.39 is 10.0 Å². The van der Waals surface area contributed by atoms with Crippen LogP contribution in [0.3, 0.4) is 0 Å². The van der Waals surface area contributed by atoms with Crippen molar-refractivity contribution in [2.45, 2.75) is 25.2 Å². The van der Waals surface area contributed by atoms with E-state index in [1.807, 2.05) is 6.07 Å². The molecule has 1 aromatic carbocycles. The van der Waals surface area contributed by atoms with Crippen molar-refractivity contribution >= 4 is 15.7 Å². The van der Waals surface area contributed by atoms with Crippen LogP contribution in [0.2, 0.25) is 0 Å². The van der Waals surface area contributed by atoms with E-state index in [0.29, 0.717) is 30.8 Å². The molecule has 3 N–H and O–H groups in total. The van der Waals surface area contributed by atoms with Crippen molar-refractivity contribution in [3.05, 3.63) is 23.3 Å². The minimum atomic E-state index is -3.57. The number of aryl methyl sites for hydroxylation is 2. The Labute approximate surface area is 114 Å². The summed E-state index contributed by atoms with van der Waals surface area (Å²) in [6, 6.07) is 3.60. The van der Waals surface area contributed by atoms with Crippen LogP contribution in [0.4, 0.5) is 5.69 Å². The third-order valence-corrected chi connectivity index (χ3v) is 5.78. The average molecular weight is 284 g/mol. The molecule has 0 aliphatic carbocycles. The zero-order chi connectivity index (χ0) is 14.2. The zero-order valence-electron chi connectivity index (χ0n) is 11.3. The highest BCUT2D eigenvalue weighted by atomic mass is 32.2. The van der Waals surface area contributed by atoms with Gasteiger partial charge in [-0.15, -0.1) is 0 Å². The molecule has 19 heavy (non-hydrogen) atoms. The molecule has 1 atom stereocenters. The lowest BCUT2D eigenvalue weighted by Crippen LogP contribution is -2.30. The highest BCUT2D eigenvalue weighted by Gasteiger charge is 2.34. The minimum Gasteiger partial charge on any atom is -0.397 e. The molecule has 1 aliphatic heterocycles. The number of aliphatic hydroxyl groups excluding tert-OH is 1. The first-order valence-corrected chi connectivity index (χ1v) is 7.78. The number of nitrogen functional groups attached to an aromatic ring is 1. The van der Waals surface area contributed by atoms with Crippen molar-refractivity contribution < 1.29 is 13.5 Å². The summed E-state index contributed by atoms with van der Waals surface area (Å²) in [6.07, 6.45) is 0.695. The predicted molar refractivity (Wildman–Crippen MR) is 74.3 cm³/mol. The van der Waals surface area contributed by atoms with E-state index in [1.165, 1.54) is 4.31 Å². The van der Waals surface area contributed by atoms with Gasteiger partial charge in [-0.3, -0.25) is 0 Å². The molecule has 0 saturated carbocycles. The van der Waals surface area contributed by atoms with Crippen molar-refractivity contribution in [3.8, 4) is 0 Å². The monoisotopic (exact) mass is 284 g/mol. The number of nitrogens with zero attached hydrogens (tertiary/aromatic N) is 1. The Kier molecular flexibility index (Phi) is 3.85. The number of rotatable bonds is 3. The van der Waals surface area contributed by atoms with E-state index in [4.69, 9.17) is 10.8 Å². The van der Waals surface area contributed by atoms with Crippen LogP contribution < -0.4 is 5.73 Å². The van der Waals surface area contributed by atoms with Gasteiger partial charge >= 0.3 is 0 Å². The van der Waals surface area contributed by atoms with Crippen molar-refractivity contribution in [2.24, 2.45) is 5.92 Å². The van der Waals surface area contributed by atoms with Gasteiger partial charge in [0.25, 0.3) is 0 Å². The van der Waals surface area contributed by atoms with Gasteiger partial charge in [0.1, 0.15) is 4.90 Å². The summed E-state index contributed by atoms with van der Waals surface area (Å²) >= 11 is 0. The SMILES string of the molecule is Cc1ccc(C)c(S(=O)(=O)N2CCC(CO)C2)c1N. The van der Waals surface area contributed by atoms with E-state index in [-0.39, 0.29) is 17.4 Å². The van der Waals surface area contributed by atoms with E-state index >= 15 is 0 Å². The fourth-order valence-electron chi connectivity index (χ4n) is 2.44. The van der Waals surface area contributed by atoms with Crippen molar-refractivity contribution in [3.63, 3.8) is 0 Å². The van der Waals surface area contributed by atoms with Crippen LogP contribution in [0, 0.1) is 19.8 Å². The van der Waals surface area contributed by atoms with Gasteiger partial charge in [0.05, 0.1) is 5.69 Å². The third kappa shape index (κ3) is 2.48. The first-order valence-electron chi connectivity index (χ1n) is 6.34. The Hall–Kier alpha value is -1.11. The third-order valence-electron chi connectivity index (χ3n) is 3.72. The summed E-state index contributed by atoms with van der Waals surface area (Å²) in [6.45, 7) is 4.39. The van der Waals surface area contributed by atoms with Crippen LogP contribution in [0.15, 0.2) is 17.0 Å². The van der Waals surface area contributed by atoms with E-state index in [9.17, 15) is 8.42 Å². The van der Waals surface area contributed by atoms with Gasteiger partial charge in [-0.1, -0.05) is 12.1 Å². The van der Waals surface area contributed by atoms with Crippen LogP contribution >= 0.6 is 0 Å². The highest BCUT2D eigenvalue weighted by molar-refractivity contribution is 7.89. The number of nitrogens with two attached hydrogens (primary N) is 1. The molecule has 1 fully saturated rings. The lowest BCUT2D eigenvalue weighted by molar-refractivity contribution is 0.233. The molecule has 1 unspecified atom stereocenters. The first-order chi connectivity index (χ1) is 8.87. The standard InChI is InChI=1S/C13H20N2O3S/c1-9-3-4-10(2)13(12(9)14)19(17,18)15-6-5-11(7-15)8-16/h3-4,11,16H,5-8,14H2,1-2H3. The summed E-state index contributed by atoms with van der Waals surface area (Å²) < 4.78 is 26.7. The van der Waals surface area contributed by atoms with Crippen molar-refractivity contribution in [2.75, 3.05) is 25.4 Å². The Morgan fingerprint density at radius 2 is 2.00 bits per heavy atom. The number of aliphatic hydroxyl groups is 1. The lowest BCUT2D eigenvalue weighted by Gasteiger charge is -2.20. The molecule has 0 aromatic heterocycles. The number of benzene rings is 1. The largest absolute Gasteiger partial charge is 0.397 e. The molecule has 1 saturated heterocycles. The van der Waals surface area contributed by atoms with Gasteiger partial charge in [0.15, 0.2) is 0 Å². The number of anilines is 1. The molecular formula is C13H20N2O3S. The van der Waals surface area contributed by atoms with Gasteiger partial charge in [-0.25, -0.2) is 8.42 Å². The number of sulfonamides is 1. The van der Waals surface area contributed by atoms with E-state index in [1.54, 1.807) is 19.9 Å². The maximum Gasteiger partial charge on any atom is 0.245 e. The maximum absolute atomic E-state index is 12.7. The van der Waals surface area contributed by atoms with Gasteiger partial charge in [0, 0.05) is 19.7 Å². The van der Waals surface area contributed by atoms with E-state index in [0.717, 1.165) is 5.56 Å². The van der Waals surface area contributed by atoms with Gasteiger partial charge in [-0.05, 0) is 37.3 Å². The van der Waals surface area contributed by atoms with Gasteiger partial charge < -0.3 is 10.8 Å². The van der Waals surface area contributed by atoms with Crippen LogP contribution in [-0.4, -0.2) is 37.5 Å². The second kappa shape index (κ2) is 5.11. The average Bonchev–Trinajstić information content (AvgIpc) is 2.83. The predicted octanol–water partition coefficient (Wildman–Crippen LogP) is 0.889. The van der Waals surface area contributed by atoms with E-state index in [2.05, 4.69) is 0 Å². The maximum atomic E-state index is 12.7. The highest BCUT2D eigenvalue weighted by Crippen LogP contribution is 2.31. The smallest absolute Gasteiger partial charge is 0.245 e.